The second-order valence-corrected chi connectivity index (χ2v) is 4.46. The van der Waals surface area contributed by atoms with Crippen molar-refractivity contribution in [2.75, 3.05) is 0 Å². The van der Waals surface area contributed by atoms with Crippen molar-refractivity contribution in [3.8, 4) is 11.5 Å². The van der Waals surface area contributed by atoms with E-state index in [1.807, 2.05) is 27.8 Å². The summed E-state index contributed by atoms with van der Waals surface area (Å²) in [6.07, 6.45) is 2.46. The van der Waals surface area contributed by atoms with Gasteiger partial charge in [0, 0.05) is 12.7 Å². The second kappa shape index (κ2) is 3.96. The fourth-order valence-electron chi connectivity index (χ4n) is 1.43. The first kappa shape index (κ1) is 11.8. The molecule has 0 aromatic carbocycles. The van der Waals surface area contributed by atoms with Crippen LogP contribution in [0.2, 0.25) is 0 Å². The molecule has 6 heteroatoms. The summed E-state index contributed by atoms with van der Waals surface area (Å²) in [4.78, 5) is 4.34. The first-order valence-electron chi connectivity index (χ1n) is 5.57. The Balaban J connectivity index is 2.40. The van der Waals surface area contributed by atoms with Gasteiger partial charge >= 0.3 is 0 Å². The fourth-order valence-corrected chi connectivity index (χ4v) is 1.43. The molecule has 6 nitrogen and oxygen atoms in total. The van der Waals surface area contributed by atoms with Crippen molar-refractivity contribution in [1.82, 2.24) is 19.9 Å². The number of hydrogen-bond acceptors (Lipinski definition) is 5. The molecule has 0 spiro atoms. The summed E-state index contributed by atoms with van der Waals surface area (Å²) in [6, 6.07) is 0. The number of hydrogen-bond donors (Lipinski definition) is 1. The molecule has 0 amide bonds. The SMILES string of the molecule is CCC(C)(N)c1noc(-c2cnn(C)c2C)n1. The van der Waals surface area contributed by atoms with Gasteiger partial charge in [-0.2, -0.15) is 10.1 Å². The molecule has 92 valence electrons. The van der Waals surface area contributed by atoms with Gasteiger partial charge in [0.05, 0.1) is 17.3 Å². The molecule has 2 aromatic rings. The Labute approximate surface area is 99.8 Å². The number of nitrogens with zero attached hydrogens (tertiary/aromatic N) is 4. The third-order valence-corrected chi connectivity index (χ3v) is 3.14. The van der Waals surface area contributed by atoms with Crippen LogP contribution in [0.1, 0.15) is 31.8 Å². The van der Waals surface area contributed by atoms with Crippen molar-refractivity contribution >= 4 is 0 Å². The van der Waals surface area contributed by atoms with E-state index in [0.29, 0.717) is 11.7 Å². The molecule has 2 N–H and O–H groups in total. The molecule has 2 heterocycles. The highest BCUT2D eigenvalue weighted by molar-refractivity contribution is 5.54. The molecular formula is C11H17N5O. The van der Waals surface area contributed by atoms with Crippen LogP contribution in [-0.4, -0.2) is 19.9 Å². The van der Waals surface area contributed by atoms with Crippen molar-refractivity contribution in [1.29, 1.82) is 0 Å². The largest absolute Gasteiger partial charge is 0.334 e. The lowest BCUT2D eigenvalue weighted by molar-refractivity contribution is 0.379. The highest BCUT2D eigenvalue weighted by atomic mass is 16.5. The van der Waals surface area contributed by atoms with Crippen molar-refractivity contribution < 1.29 is 4.52 Å². The maximum atomic E-state index is 6.07. The Hall–Kier alpha value is -1.69. The summed E-state index contributed by atoms with van der Waals surface area (Å²) in [6.45, 7) is 5.83. The molecule has 2 rings (SSSR count). The van der Waals surface area contributed by atoms with Crippen LogP contribution in [-0.2, 0) is 12.6 Å². The predicted molar refractivity (Wildman–Crippen MR) is 63.1 cm³/mol. The standard InChI is InChI=1S/C11H17N5O/c1-5-11(3,12)10-14-9(17-15-10)8-6-13-16(4)7(8)2/h6H,5,12H2,1-4H3. The zero-order valence-electron chi connectivity index (χ0n) is 10.6. The normalized spacial score (nSPS) is 14.9. The molecule has 2 aromatic heterocycles. The Morgan fingerprint density at radius 3 is 2.76 bits per heavy atom. The molecular weight excluding hydrogens is 218 g/mol. The molecule has 0 saturated carbocycles. The van der Waals surface area contributed by atoms with E-state index in [4.69, 9.17) is 10.3 Å². The summed E-state index contributed by atoms with van der Waals surface area (Å²) >= 11 is 0. The highest BCUT2D eigenvalue weighted by Gasteiger charge is 2.26. The van der Waals surface area contributed by atoms with Gasteiger partial charge in [0.25, 0.3) is 5.89 Å². The van der Waals surface area contributed by atoms with Crippen LogP contribution < -0.4 is 5.73 Å². The van der Waals surface area contributed by atoms with Crippen LogP contribution in [0, 0.1) is 6.92 Å². The lowest BCUT2D eigenvalue weighted by Gasteiger charge is -2.16. The van der Waals surface area contributed by atoms with E-state index in [9.17, 15) is 0 Å². The zero-order valence-corrected chi connectivity index (χ0v) is 10.6. The van der Waals surface area contributed by atoms with E-state index in [2.05, 4.69) is 15.2 Å². The molecule has 0 fully saturated rings. The van der Waals surface area contributed by atoms with Gasteiger partial charge in [0.1, 0.15) is 0 Å². The Bertz CT molecular complexity index is 526. The van der Waals surface area contributed by atoms with Crippen LogP contribution >= 0.6 is 0 Å². The average Bonchev–Trinajstić information content (AvgIpc) is 2.88. The minimum absolute atomic E-state index is 0.468. The summed E-state index contributed by atoms with van der Waals surface area (Å²) < 4.78 is 7.00. The summed E-state index contributed by atoms with van der Waals surface area (Å²) in [5.74, 6) is 0.994. The van der Waals surface area contributed by atoms with Gasteiger partial charge in [-0.3, -0.25) is 4.68 Å². The van der Waals surface area contributed by atoms with Gasteiger partial charge < -0.3 is 10.3 Å². The van der Waals surface area contributed by atoms with E-state index < -0.39 is 5.54 Å². The minimum Gasteiger partial charge on any atom is -0.334 e. The predicted octanol–water partition coefficient (Wildman–Crippen LogP) is 1.36. The number of rotatable bonds is 3. The van der Waals surface area contributed by atoms with E-state index in [-0.39, 0.29) is 0 Å². The minimum atomic E-state index is -0.558. The van der Waals surface area contributed by atoms with Crippen molar-refractivity contribution in [3.05, 3.63) is 17.7 Å². The molecule has 0 saturated heterocycles. The maximum Gasteiger partial charge on any atom is 0.261 e. The fraction of sp³-hybridized carbons (Fsp3) is 0.545. The van der Waals surface area contributed by atoms with E-state index in [1.54, 1.807) is 10.9 Å². The first-order valence-corrected chi connectivity index (χ1v) is 5.57. The molecule has 0 aliphatic heterocycles. The molecule has 0 radical (unpaired) electrons. The van der Waals surface area contributed by atoms with Gasteiger partial charge in [0.15, 0.2) is 5.82 Å². The van der Waals surface area contributed by atoms with E-state index >= 15 is 0 Å². The number of aromatic nitrogens is 4. The van der Waals surface area contributed by atoms with Gasteiger partial charge in [-0.05, 0) is 20.3 Å². The molecule has 0 aliphatic carbocycles. The smallest absolute Gasteiger partial charge is 0.261 e. The average molecular weight is 235 g/mol. The monoisotopic (exact) mass is 235 g/mol. The summed E-state index contributed by atoms with van der Waals surface area (Å²) in [5, 5.41) is 8.08. The molecule has 0 bridgehead atoms. The highest BCUT2D eigenvalue weighted by Crippen LogP contribution is 2.24. The van der Waals surface area contributed by atoms with Crippen molar-refractivity contribution in [2.45, 2.75) is 32.7 Å². The van der Waals surface area contributed by atoms with Crippen LogP contribution in [0.4, 0.5) is 0 Å². The maximum absolute atomic E-state index is 6.07. The van der Waals surface area contributed by atoms with Gasteiger partial charge in [0.2, 0.25) is 0 Å². The lowest BCUT2D eigenvalue weighted by Crippen LogP contribution is -2.33. The van der Waals surface area contributed by atoms with E-state index in [0.717, 1.165) is 17.7 Å². The van der Waals surface area contributed by atoms with Gasteiger partial charge in [-0.1, -0.05) is 12.1 Å². The van der Waals surface area contributed by atoms with Crippen molar-refractivity contribution in [3.63, 3.8) is 0 Å². The Morgan fingerprint density at radius 1 is 1.53 bits per heavy atom. The number of aryl methyl sites for hydroxylation is 1. The zero-order chi connectivity index (χ0) is 12.6. The second-order valence-electron chi connectivity index (χ2n) is 4.46. The first-order chi connectivity index (χ1) is 7.95. The van der Waals surface area contributed by atoms with Crippen LogP contribution in [0.3, 0.4) is 0 Å². The Kier molecular flexibility index (Phi) is 2.74. The summed E-state index contributed by atoms with van der Waals surface area (Å²) in [7, 11) is 1.87. The van der Waals surface area contributed by atoms with E-state index in [1.165, 1.54) is 0 Å². The van der Waals surface area contributed by atoms with Gasteiger partial charge in [-0.15, -0.1) is 0 Å². The van der Waals surface area contributed by atoms with Crippen LogP contribution in [0.5, 0.6) is 0 Å². The molecule has 1 atom stereocenters. The van der Waals surface area contributed by atoms with Crippen LogP contribution in [0.25, 0.3) is 11.5 Å². The molecule has 0 aliphatic rings. The topological polar surface area (TPSA) is 82.8 Å². The third kappa shape index (κ3) is 1.95. The van der Waals surface area contributed by atoms with Crippen LogP contribution in [0.15, 0.2) is 10.7 Å². The van der Waals surface area contributed by atoms with Gasteiger partial charge in [-0.25, -0.2) is 0 Å². The molecule has 1 unspecified atom stereocenters. The Morgan fingerprint density at radius 2 is 2.24 bits per heavy atom. The quantitative estimate of drug-likeness (QED) is 0.868. The number of nitrogens with two attached hydrogens (primary N) is 1. The lowest BCUT2D eigenvalue weighted by atomic mass is 10.0. The molecule has 17 heavy (non-hydrogen) atoms. The van der Waals surface area contributed by atoms with Crippen molar-refractivity contribution in [2.24, 2.45) is 12.8 Å². The third-order valence-electron chi connectivity index (χ3n) is 3.14. The summed E-state index contributed by atoms with van der Waals surface area (Å²) in [5.41, 5.74) is 7.34.